The van der Waals surface area contributed by atoms with Crippen molar-refractivity contribution in [1.82, 2.24) is 0 Å². The number of carbonyl (C=O) groups is 1. The lowest BCUT2D eigenvalue weighted by molar-refractivity contribution is -0.141. The number of hydrogen-bond donors (Lipinski definition) is 0. The average molecular weight is 230 g/mol. The van der Waals surface area contributed by atoms with Crippen LogP contribution < -0.4 is 0 Å². The molecular weight excluding hydrogens is 212 g/mol. The van der Waals surface area contributed by atoms with Gasteiger partial charge in [-0.3, -0.25) is 4.79 Å². The van der Waals surface area contributed by atoms with Gasteiger partial charge in [0.1, 0.15) is 5.60 Å². The molecule has 2 heteroatoms. The predicted octanol–water partition coefficient (Wildman–Crippen LogP) is 2.54. The molecule has 1 aliphatic heterocycles. The molecule has 1 aromatic rings. The molecule has 2 aliphatic rings. The Labute approximate surface area is 102 Å². The fraction of sp³-hybridized carbons (Fsp3) is 0.533. The van der Waals surface area contributed by atoms with Crippen LogP contribution in [0.15, 0.2) is 24.3 Å². The Morgan fingerprint density at radius 2 is 1.94 bits per heavy atom. The van der Waals surface area contributed by atoms with Gasteiger partial charge in [0, 0.05) is 12.5 Å². The second-order valence-corrected chi connectivity index (χ2v) is 5.42. The summed E-state index contributed by atoms with van der Waals surface area (Å²) in [5, 5.41) is 0. The van der Waals surface area contributed by atoms with Crippen LogP contribution >= 0.6 is 0 Å². The highest BCUT2D eigenvalue weighted by Gasteiger charge is 2.42. The van der Waals surface area contributed by atoms with Gasteiger partial charge in [0.15, 0.2) is 5.78 Å². The van der Waals surface area contributed by atoms with E-state index in [2.05, 4.69) is 24.3 Å². The second-order valence-electron chi connectivity index (χ2n) is 5.42. The Hall–Kier alpha value is -1.15. The molecule has 0 amide bonds. The van der Waals surface area contributed by atoms with Gasteiger partial charge >= 0.3 is 0 Å². The minimum absolute atomic E-state index is 0.135. The van der Waals surface area contributed by atoms with E-state index in [9.17, 15) is 4.79 Å². The number of Topliss-reactive ketones (excluding diaryl/α,β-unsaturated/α-hetero) is 1. The molecule has 90 valence electrons. The molecule has 1 aromatic carbocycles. The van der Waals surface area contributed by atoms with Gasteiger partial charge in [-0.1, -0.05) is 24.3 Å². The summed E-state index contributed by atoms with van der Waals surface area (Å²) in [6.45, 7) is 2.70. The van der Waals surface area contributed by atoms with Crippen molar-refractivity contribution in [2.45, 2.75) is 38.2 Å². The van der Waals surface area contributed by atoms with E-state index in [1.165, 1.54) is 11.1 Å². The number of benzene rings is 1. The molecule has 0 N–H and O–H groups in total. The second kappa shape index (κ2) is 3.95. The minimum atomic E-state index is -0.507. The molecule has 3 rings (SSSR count). The molecule has 0 spiro atoms. The Balaban J connectivity index is 1.78. The molecule has 0 radical (unpaired) electrons. The van der Waals surface area contributed by atoms with Gasteiger partial charge < -0.3 is 4.74 Å². The third-order valence-corrected chi connectivity index (χ3v) is 4.16. The normalized spacial score (nSPS) is 28.3. The van der Waals surface area contributed by atoms with Gasteiger partial charge in [-0.05, 0) is 43.7 Å². The van der Waals surface area contributed by atoms with Gasteiger partial charge in [0.2, 0.25) is 0 Å². The van der Waals surface area contributed by atoms with Crippen LogP contribution in [0.3, 0.4) is 0 Å². The summed E-state index contributed by atoms with van der Waals surface area (Å²) in [6.07, 6.45) is 3.70. The maximum atomic E-state index is 12.5. The standard InChI is InChI=1S/C15H18O2/c1-15(7-4-8-17-15)14(16)13-9-11-5-2-3-6-12(11)10-13/h2-3,5-6,13H,4,7-10H2,1H3. The average Bonchev–Trinajstić information content (AvgIpc) is 2.94. The number of carbonyl (C=O) groups excluding carboxylic acids is 1. The first-order valence-corrected chi connectivity index (χ1v) is 6.44. The van der Waals surface area contributed by atoms with Crippen molar-refractivity contribution in [2.75, 3.05) is 6.61 Å². The summed E-state index contributed by atoms with van der Waals surface area (Å²) < 4.78 is 5.66. The van der Waals surface area contributed by atoms with Crippen LogP contribution in [0.25, 0.3) is 0 Å². The number of hydrogen-bond acceptors (Lipinski definition) is 2. The molecule has 0 bridgehead atoms. The van der Waals surface area contributed by atoms with Crippen molar-refractivity contribution < 1.29 is 9.53 Å². The third-order valence-electron chi connectivity index (χ3n) is 4.16. The van der Waals surface area contributed by atoms with Gasteiger partial charge in [-0.25, -0.2) is 0 Å². The molecule has 17 heavy (non-hydrogen) atoms. The SMILES string of the molecule is CC1(C(=O)C2Cc3ccccc3C2)CCCO1. The first-order chi connectivity index (χ1) is 8.19. The van der Waals surface area contributed by atoms with Crippen LogP contribution in [-0.4, -0.2) is 18.0 Å². The predicted molar refractivity (Wildman–Crippen MR) is 65.9 cm³/mol. The lowest BCUT2D eigenvalue weighted by Crippen LogP contribution is -2.39. The van der Waals surface area contributed by atoms with E-state index in [-0.39, 0.29) is 5.92 Å². The van der Waals surface area contributed by atoms with E-state index in [4.69, 9.17) is 4.74 Å². The van der Waals surface area contributed by atoms with Crippen molar-refractivity contribution in [2.24, 2.45) is 5.92 Å². The van der Waals surface area contributed by atoms with Crippen LogP contribution in [0.2, 0.25) is 0 Å². The zero-order valence-corrected chi connectivity index (χ0v) is 10.2. The zero-order valence-electron chi connectivity index (χ0n) is 10.2. The molecule has 0 saturated carbocycles. The Bertz CT molecular complexity index is 419. The third kappa shape index (κ3) is 1.81. The summed E-state index contributed by atoms with van der Waals surface area (Å²) in [5.41, 5.74) is 2.17. The maximum absolute atomic E-state index is 12.5. The molecule has 1 saturated heterocycles. The topological polar surface area (TPSA) is 26.3 Å². The summed E-state index contributed by atoms with van der Waals surface area (Å²) in [7, 11) is 0. The first kappa shape index (κ1) is 11.0. The molecule has 2 nitrogen and oxygen atoms in total. The molecule has 1 heterocycles. The van der Waals surface area contributed by atoms with E-state index >= 15 is 0 Å². The number of ketones is 1. The summed E-state index contributed by atoms with van der Waals surface area (Å²) in [4.78, 5) is 12.5. The van der Waals surface area contributed by atoms with Crippen molar-refractivity contribution in [3.63, 3.8) is 0 Å². The molecule has 1 aliphatic carbocycles. The van der Waals surface area contributed by atoms with Gasteiger partial charge in [0.25, 0.3) is 0 Å². The fourth-order valence-electron chi connectivity index (χ4n) is 3.15. The first-order valence-electron chi connectivity index (χ1n) is 6.44. The van der Waals surface area contributed by atoms with E-state index in [0.717, 1.165) is 32.3 Å². The van der Waals surface area contributed by atoms with Crippen molar-refractivity contribution in [3.05, 3.63) is 35.4 Å². The smallest absolute Gasteiger partial charge is 0.168 e. The summed E-state index contributed by atoms with van der Waals surface area (Å²) in [5.74, 6) is 0.446. The van der Waals surface area contributed by atoms with Crippen molar-refractivity contribution >= 4 is 5.78 Å². The number of fused-ring (bicyclic) bond motifs is 1. The van der Waals surface area contributed by atoms with Crippen molar-refractivity contribution in [3.8, 4) is 0 Å². The largest absolute Gasteiger partial charge is 0.367 e. The van der Waals surface area contributed by atoms with E-state index < -0.39 is 5.60 Å². The highest BCUT2D eigenvalue weighted by atomic mass is 16.5. The van der Waals surface area contributed by atoms with Crippen LogP contribution in [0, 0.1) is 5.92 Å². The van der Waals surface area contributed by atoms with Crippen LogP contribution in [0.1, 0.15) is 30.9 Å². The van der Waals surface area contributed by atoms with Gasteiger partial charge in [0.05, 0.1) is 0 Å². The zero-order chi connectivity index (χ0) is 11.9. The summed E-state index contributed by atoms with van der Waals surface area (Å²) in [6, 6.07) is 8.39. The van der Waals surface area contributed by atoms with E-state index in [0.29, 0.717) is 5.78 Å². The van der Waals surface area contributed by atoms with E-state index in [1.807, 2.05) is 6.92 Å². The molecular formula is C15H18O2. The quantitative estimate of drug-likeness (QED) is 0.780. The van der Waals surface area contributed by atoms with Gasteiger partial charge in [-0.15, -0.1) is 0 Å². The van der Waals surface area contributed by atoms with Crippen LogP contribution in [0.4, 0.5) is 0 Å². The van der Waals surface area contributed by atoms with Gasteiger partial charge in [-0.2, -0.15) is 0 Å². The van der Waals surface area contributed by atoms with E-state index in [1.54, 1.807) is 0 Å². The van der Waals surface area contributed by atoms with Crippen LogP contribution in [-0.2, 0) is 22.4 Å². The van der Waals surface area contributed by atoms with Crippen LogP contribution in [0.5, 0.6) is 0 Å². The Kier molecular flexibility index (Phi) is 2.55. The highest BCUT2D eigenvalue weighted by Crippen LogP contribution is 2.34. The molecule has 1 fully saturated rings. The Morgan fingerprint density at radius 3 is 2.47 bits per heavy atom. The maximum Gasteiger partial charge on any atom is 0.168 e. The summed E-state index contributed by atoms with van der Waals surface area (Å²) >= 11 is 0. The number of ether oxygens (including phenoxy) is 1. The lowest BCUT2D eigenvalue weighted by Gasteiger charge is -2.24. The minimum Gasteiger partial charge on any atom is -0.367 e. The Morgan fingerprint density at radius 1 is 1.29 bits per heavy atom. The highest BCUT2D eigenvalue weighted by molar-refractivity contribution is 5.90. The van der Waals surface area contributed by atoms with Crippen molar-refractivity contribution in [1.29, 1.82) is 0 Å². The number of rotatable bonds is 2. The lowest BCUT2D eigenvalue weighted by atomic mass is 9.86. The molecule has 1 unspecified atom stereocenters. The monoisotopic (exact) mass is 230 g/mol. The fourth-order valence-corrected chi connectivity index (χ4v) is 3.15. The molecule has 1 atom stereocenters. The molecule has 0 aromatic heterocycles.